The lowest BCUT2D eigenvalue weighted by molar-refractivity contribution is -0.391. The fraction of sp³-hybridized carbons (Fsp3) is 0.154. The predicted molar refractivity (Wildman–Crippen MR) is 78.9 cm³/mol. The van der Waals surface area contributed by atoms with Crippen LogP contribution in [0.25, 0.3) is 0 Å². The highest BCUT2D eigenvalue weighted by Gasteiger charge is 2.20. The molecule has 1 aromatic carbocycles. The van der Waals surface area contributed by atoms with Crippen LogP contribution in [-0.2, 0) is 7.05 Å². The van der Waals surface area contributed by atoms with Crippen molar-refractivity contribution in [3.8, 4) is 0 Å². The van der Waals surface area contributed by atoms with Crippen molar-refractivity contribution in [1.29, 1.82) is 0 Å². The molecular weight excluding hydrogens is 326 g/mol. The van der Waals surface area contributed by atoms with Gasteiger partial charge in [0.2, 0.25) is 0 Å². The number of nitro groups is 1. The second-order valence-corrected chi connectivity index (χ2v) is 5.28. The fourth-order valence-electron chi connectivity index (χ4n) is 1.92. The first kappa shape index (κ1) is 14.3. The summed E-state index contributed by atoms with van der Waals surface area (Å²) in [6.07, 6.45) is 0. The smallest absolute Gasteiger partial charge is 0.323 e. The molecule has 2 rings (SSSR count). The summed E-state index contributed by atoms with van der Waals surface area (Å²) in [4.78, 5) is 22.3. The van der Waals surface area contributed by atoms with Gasteiger partial charge in [-0.3, -0.25) is 4.79 Å². The number of carbonyl (C=O) groups is 1. The highest BCUT2D eigenvalue weighted by atomic mass is 79.9. The number of halogens is 1. The molecule has 1 N–H and O–H groups in total. The number of nitrogens with zero attached hydrogens (tertiary/aromatic N) is 2. The van der Waals surface area contributed by atoms with E-state index in [0.717, 1.165) is 10.0 Å². The van der Waals surface area contributed by atoms with E-state index in [1.807, 2.05) is 19.1 Å². The summed E-state index contributed by atoms with van der Waals surface area (Å²) >= 11 is 3.35. The van der Waals surface area contributed by atoms with Crippen LogP contribution in [0.1, 0.15) is 16.1 Å². The van der Waals surface area contributed by atoms with Crippen molar-refractivity contribution in [2.24, 2.45) is 7.05 Å². The van der Waals surface area contributed by atoms with E-state index < -0.39 is 10.8 Å². The molecule has 1 heterocycles. The third-order valence-corrected chi connectivity index (χ3v) is 3.27. The Labute approximate surface area is 123 Å². The Bertz CT molecular complexity index is 674. The molecule has 0 saturated heterocycles. The summed E-state index contributed by atoms with van der Waals surface area (Å²) in [5.74, 6) is -0.515. The third-order valence-electron chi connectivity index (χ3n) is 2.81. The van der Waals surface area contributed by atoms with Crippen LogP contribution in [0.2, 0.25) is 0 Å². The molecule has 0 aliphatic carbocycles. The molecule has 0 aliphatic rings. The van der Waals surface area contributed by atoms with Crippen LogP contribution in [0, 0.1) is 17.0 Å². The van der Waals surface area contributed by atoms with Crippen LogP contribution in [0.4, 0.5) is 11.5 Å². The van der Waals surface area contributed by atoms with E-state index in [4.69, 9.17) is 0 Å². The minimum Gasteiger partial charge on any atom is -0.358 e. The SMILES string of the molecule is Cc1cc(Br)cc(NC(=O)c2ccc([N+](=O)[O-])n2C)c1. The van der Waals surface area contributed by atoms with Crippen LogP contribution in [0.15, 0.2) is 34.8 Å². The molecule has 20 heavy (non-hydrogen) atoms. The Morgan fingerprint density at radius 2 is 2.05 bits per heavy atom. The number of hydrogen-bond acceptors (Lipinski definition) is 3. The Morgan fingerprint density at radius 1 is 1.35 bits per heavy atom. The zero-order valence-electron chi connectivity index (χ0n) is 10.9. The zero-order chi connectivity index (χ0) is 14.9. The molecule has 2 aromatic rings. The second kappa shape index (κ2) is 5.46. The molecule has 6 nitrogen and oxygen atoms in total. The van der Waals surface area contributed by atoms with Crippen LogP contribution >= 0.6 is 15.9 Å². The van der Waals surface area contributed by atoms with Gasteiger partial charge in [-0.2, -0.15) is 0 Å². The first-order valence-corrected chi connectivity index (χ1v) is 6.56. The summed E-state index contributed by atoms with van der Waals surface area (Å²) in [6.45, 7) is 1.91. The molecule has 1 amide bonds. The number of benzene rings is 1. The van der Waals surface area contributed by atoms with Crippen LogP contribution in [0.5, 0.6) is 0 Å². The Kier molecular flexibility index (Phi) is 3.89. The lowest BCUT2D eigenvalue weighted by Gasteiger charge is -2.06. The standard InChI is InChI=1S/C13H12BrN3O3/c1-8-5-9(14)7-10(6-8)15-13(18)11-3-4-12(16(11)2)17(19)20/h3-7H,1-2H3,(H,15,18). The van der Waals surface area contributed by atoms with Crippen molar-refractivity contribution < 1.29 is 9.72 Å². The predicted octanol–water partition coefficient (Wildman–Crippen LogP) is 3.26. The molecule has 0 bridgehead atoms. The van der Waals surface area contributed by atoms with Gasteiger partial charge in [-0.1, -0.05) is 15.9 Å². The van der Waals surface area contributed by atoms with Gasteiger partial charge in [-0.15, -0.1) is 0 Å². The van der Waals surface area contributed by atoms with Gasteiger partial charge in [-0.05, 0) is 41.7 Å². The summed E-state index contributed by atoms with van der Waals surface area (Å²) < 4.78 is 2.10. The van der Waals surface area contributed by atoms with Crippen molar-refractivity contribution >= 4 is 33.3 Å². The highest BCUT2D eigenvalue weighted by molar-refractivity contribution is 9.10. The maximum atomic E-state index is 12.1. The van der Waals surface area contributed by atoms with Gasteiger partial charge < -0.3 is 15.4 Å². The average Bonchev–Trinajstić information content (AvgIpc) is 2.69. The van der Waals surface area contributed by atoms with Gasteiger partial charge in [-0.25, -0.2) is 4.57 Å². The topological polar surface area (TPSA) is 77.2 Å². The average molecular weight is 338 g/mol. The lowest BCUT2D eigenvalue weighted by Crippen LogP contribution is -2.16. The van der Waals surface area contributed by atoms with E-state index in [0.29, 0.717) is 5.69 Å². The molecule has 0 saturated carbocycles. The van der Waals surface area contributed by atoms with E-state index in [2.05, 4.69) is 21.2 Å². The molecule has 0 aliphatic heterocycles. The summed E-state index contributed by atoms with van der Waals surface area (Å²) in [6, 6.07) is 8.24. The third kappa shape index (κ3) is 2.88. The molecule has 0 radical (unpaired) electrons. The number of anilines is 1. The van der Waals surface area contributed by atoms with Gasteiger partial charge in [0.25, 0.3) is 5.91 Å². The first-order valence-electron chi connectivity index (χ1n) is 5.77. The van der Waals surface area contributed by atoms with E-state index in [-0.39, 0.29) is 11.5 Å². The number of carbonyl (C=O) groups excluding carboxylic acids is 1. The van der Waals surface area contributed by atoms with E-state index >= 15 is 0 Å². The molecule has 0 spiro atoms. The van der Waals surface area contributed by atoms with Crippen molar-refractivity contribution in [2.75, 3.05) is 5.32 Å². The Balaban J connectivity index is 2.26. The molecular formula is C13H12BrN3O3. The van der Waals surface area contributed by atoms with Crippen molar-refractivity contribution in [3.63, 3.8) is 0 Å². The number of nitrogens with one attached hydrogen (secondary N) is 1. The number of hydrogen-bond donors (Lipinski definition) is 1. The number of amides is 1. The van der Waals surface area contributed by atoms with Gasteiger partial charge in [0.1, 0.15) is 0 Å². The number of aryl methyl sites for hydroxylation is 1. The maximum absolute atomic E-state index is 12.1. The van der Waals surface area contributed by atoms with Gasteiger partial charge in [0.15, 0.2) is 5.69 Å². The quantitative estimate of drug-likeness (QED) is 0.689. The molecule has 0 fully saturated rings. The minimum atomic E-state index is -0.528. The Morgan fingerprint density at radius 3 is 2.60 bits per heavy atom. The van der Waals surface area contributed by atoms with Gasteiger partial charge in [0, 0.05) is 16.2 Å². The zero-order valence-corrected chi connectivity index (χ0v) is 12.5. The molecule has 7 heteroatoms. The van der Waals surface area contributed by atoms with Gasteiger partial charge >= 0.3 is 5.82 Å². The van der Waals surface area contributed by atoms with Crippen LogP contribution in [-0.4, -0.2) is 15.4 Å². The summed E-state index contributed by atoms with van der Waals surface area (Å²) in [5, 5.41) is 13.5. The minimum absolute atomic E-state index is 0.124. The van der Waals surface area contributed by atoms with Crippen molar-refractivity contribution in [1.82, 2.24) is 4.57 Å². The normalized spacial score (nSPS) is 10.3. The molecule has 104 valence electrons. The van der Waals surface area contributed by atoms with Crippen molar-refractivity contribution in [3.05, 3.63) is 56.2 Å². The largest absolute Gasteiger partial charge is 0.358 e. The molecule has 1 aromatic heterocycles. The lowest BCUT2D eigenvalue weighted by atomic mass is 10.2. The number of aromatic nitrogens is 1. The first-order chi connectivity index (χ1) is 9.38. The Hall–Kier alpha value is -2.15. The monoisotopic (exact) mass is 337 g/mol. The van der Waals surface area contributed by atoms with E-state index in [9.17, 15) is 14.9 Å². The highest BCUT2D eigenvalue weighted by Crippen LogP contribution is 2.21. The number of rotatable bonds is 3. The van der Waals surface area contributed by atoms with E-state index in [1.165, 1.54) is 23.7 Å². The van der Waals surface area contributed by atoms with Gasteiger partial charge in [0.05, 0.1) is 7.05 Å². The maximum Gasteiger partial charge on any atom is 0.323 e. The van der Waals surface area contributed by atoms with Crippen molar-refractivity contribution in [2.45, 2.75) is 6.92 Å². The second-order valence-electron chi connectivity index (χ2n) is 4.36. The molecule has 0 unspecified atom stereocenters. The summed E-state index contributed by atoms with van der Waals surface area (Å²) in [5.41, 5.74) is 1.85. The van der Waals surface area contributed by atoms with Crippen LogP contribution in [0.3, 0.4) is 0 Å². The van der Waals surface area contributed by atoms with E-state index in [1.54, 1.807) is 6.07 Å². The summed E-state index contributed by atoms with van der Waals surface area (Å²) in [7, 11) is 1.49. The fourth-order valence-corrected chi connectivity index (χ4v) is 2.52. The van der Waals surface area contributed by atoms with Crippen LogP contribution < -0.4 is 5.32 Å². The molecule has 0 atom stereocenters.